The number of sulfonamides is 1. The topological polar surface area (TPSA) is 93.1 Å². The molecule has 0 radical (unpaired) electrons. The van der Waals surface area contributed by atoms with Gasteiger partial charge in [-0.25, -0.2) is 8.42 Å². The van der Waals surface area contributed by atoms with Crippen molar-refractivity contribution in [1.82, 2.24) is 9.78 Å². The number of halogens is 1. The lowest BCUT2D eigenvalue weighted by Gasteiger charge is -2.13. The third-order valence-electron chi connectivity index (χ3n) is 6.10. The molecule has 0 saturated heterocycles. The Balaban J connectivity index is 1.47. The highest BCUT2D eigenvalue weighted by Crippen LogP contribution is 2.45. The summed E-state index contributed by atoms with van der Waals surface area (Å²) in [7, 11) is -1.69. The van der Waals surface area contributed by atoms with Crippen molar-refractivity contribution < 1.29 is 13.2 Å². The van der Waals surface area contributed by atoms with Crippen LogP contribution < -0.4 is 10.0 Å². The molecule has 2 aliphatic carbocycles. The van der Waals surface area contributed by atoms with Crippen LogP contribution in [-0.4, -0.2) is 29.9 Å². The minimum Gasteiger partial charge on any atom is -0.321 e. The molecule has 5 rings (SSSR count). The van der Waals surface area contributed by atoms with Gasteiger partial charge in [0.05, 0.1) is 17.0 Å². The van der Waals surface area contributed by atoms with Gasteiger partial charge in [-0.2, -0.15) is 5.10 Å². The van der Waals surface area contributed by atoms with E-state index in [9.17, 15) is 13.2 Å². The summed E-state index contributed by atoms with van der Waals surface area (Å²) in [4.78, 5) is 13.1. The first-order valence-electron chi connectivity index (χ1n) is 10.9. The second kappa shape index (κ2) is 8.19. The van der Waals surface area contributed by atoms with Gasteiger partial charge in [-0.1, -0.05) is 28.8 Å². The number of benzene rings is 2. The maximum atomic E-state index is 13.1. The molecular weight excluding hydrogens is 492 g/mol. The molecule has 2 aromatic carbocycles. The van der Waals surface area contributed by atoms with Gasteiger partial charge in [0.1, 0.15) is 5.69 Å². The Bertz CT molecular complexity index is 1290. The van der Waals surface area contributed by atoms with Crippen molar-refractivity contribution in [3.05, 3.63) is 52.1 Å². The number of aryl methyl sites for hydroxylation is 1. The summed E-state index contributed by atoms with van der Waals surface area (Å²) in [5, 5.41) is 8.15. The Morgan fingerprint density at radius 3 is 2.53 bits per heavy atom. The summed E-state index contributed by atoms with van der Waals surface area (Å²) in [5.74, 6) is 0.752. The summed E-state index contributed by atoms with van der Waals surface area (Å²) in [6, 6.07) is 11.1. The molecule has 3 aromatic rings. The molecule has 2 N–H and O–H groups in total. The zero-order chi connectivity index (χ0) is 22.5. The molecule has 0 bridgehead atoms. The van der Waals surface area contributed by atoms with E-state index in [1.165, 1.54) is 0 Å². The fourth-order valence-corrected chi connectivity index (χ4v) is 5.55. The van der Waals surface area contributed by atoms with Crippen LogP contribution in [0.2, 0.25) is 0 Å². The maximum absolute atomic E-state index is 13.1. The van der Waals surface area contributed by atoms with E-state index in [0.29, 0.717) is 40.8 Å². The average molecular weight is 517 g/mol. The predicted molar refractivity (Wildman–Crippen MR) is 130 cm³/mol. The van der Waals surface area contributed by atoms with Gasteiger partial charge in [0, 0.05) is 22.6 Å². The number of hydrogen-bond acceptors (Lipinski definition) is 4. The Labute approximate surface area is 195 Å². The van der Waals surface area contributed by atoms with Gasteiger partial charge in [-0.15, -0.1) is 0 Å². The van der Waals surface area contributed by atoms with Crippen LogP contribution in [0.3, 0.4) is 0 Å². The van der Waals surface area contributed by atoms with Crippen molar-refractivity contribution in [1.29, 1.82) is 0 Å². The molecule has 0 aliphatic heterocycles. The van der Waals surface area contributed by atoms with Gasteiger partial charge < -0.3 is 5.32 Å². The van der Waals surface area contributed by atoms with Crippen LogP contribution in [0.25, 0.3) is 10.9 Å². The molecule has 2 aliphatic rings. The molecule has 0 atom stereocenters. The minimum atomic E-state index is -3.42. The highest BCUT2D eigenvalue weighted by molar-refractivity contribution is 9.10. The fourth-order valence-electron chi connectivity index (χ4n) is 4.02. The summed E-state index contributed by atoms with van der Waals surface area (Å²) in [5.41, 5.74) is 3.27. The quantitative estimate of drug-likeness (QED) is 0.440. The molecule has 0 spiro atoms. The lowest BCUT2D eigenvalue weighted by molar-refractivity contribution is 0.101. The highest BCUT2D eigenvalue weighted by atomic mass is 79.9. The first-order chi connectivity index (χ1) is 15.3. The second-order valence-corrected chi connectivity index (χ2v) is 11.6. The van der Waals surface area contributed by atoms with Crippen molar-refractivity contribution >= 4 is 54.1 Å². The van der Waals surface area contributed by atoms with Crippen molar-refractivity contribution in [3.63, 3.8) is 0 Å². The van der Waals surface area contributed by atoms with E-state index in [4.69, 9.17) is 0 Å². The fraction of sp³-hybridized carbons (Fsp3) is 0.391. The smallest absolute Gasteiger partial charge is 0.274 e. The zero-order valence-corrected chi connectivity index (χ0v) is 20.2. The van der Waals surface area contributed by atoms with Gasteiger partial charge >= 0.3 is 0 Å². The number of nitrogens with zero attached hydrogens (tertiary/aromatic N) is 2. The SMILES string of the molecule is Cn1nc2cc(NS(=O)(=O)CCC3CC3)c(C3CC3)cc2c1C(=O)Nc1ccc(Br)cc1. The maximum Gasteiger partial charge on any atom is 0.274 e. The molecule has 9 heteroatoms. The molecule has 0 unspecified atom stereocenters. The van der Waals surface area contributed by atoms with Crippen molar-refractivity contribution in [2.75, 3.05) is 15.8 Å². The van der Waals surface area contributed by atoms with Gasteiger partial charge in [-0.3, -0.25) is 14.2 Å². The van der Waals surface area contributed by atoms with Gasteiger partial charge in [0.25, 0.3) is 5.91 Å². The third kappa shape index (κ3) is 4.68. The normalized spacial score (nSPS) is 16.3. The van der Waals surface area contributed by atoms with E-state index in [2.05, 4.69) is 31.1 Å². The number of carbonyl (C=O) groups excluding carboxylic acids is 1. The van der Waals surface area contributed by atoms with Crippen LogP contribution in [-0.2, 0) is 17.1 Å². The second-order valence-electron chi connectivity index (χ2n) is 8.82. The molecule has 7 nitrogen and oxygen atoms in total. The van der Waals surface area contributed by atoms with Crippen molar-refractivity contribution in [2.45, 2.75) is 38.0 Å². The van der Waals surface area contributed by atoms with Crippen molar-refractivity contribution in [3.8, 4) is 0 Å². The summed E-state index contributed by atoms with van der Waals surface area (Å²) in [6.07, 6.45) is 5.01. The number of aromatic nitrogens is 2. The molecule has 1 amide bonds. The minimum absolute atomic E-state index is 0.142. The lowest BCUT2D eigenvalue weighted by Crippen LogP contribution is -2.18. The third-order valence-corrected chi connectivity index (χ3v) is 7.93. The van der Waals surface area contributed by atoms with E-state index in [1.54, 1.807) is 17.8 Å². The molecule has 1 heterocycles. The van der Waals surface area contributed by atoms with Crippen LogP contribution in [0.4, 0.5) is 11.4 Å². The lowest BCUT2D eigenvalue weighted by atomic mass is 10.0. The van der Waals surface area contributed by atoms with Crippen LogP contribution in [0.1, 0.15) is 54.1 Å². The molecule has 2 saturated carbocycles. The summed E-state index contributed by atoms with van der Waals surface area (Å²) < 4.78 is 30.6. The molecule has 32 heavy (non-hydrogen) atoms. The Kier molecular flexibility index (Phi) is 5.49. The monoisotopic (exact) mass is 516 g/mol. The first kappa shape index (κ1) is 21.5. The zero-order valence-electron chi connectivity index (χ0n) is 17.8. The molecule has 2 fully saturated rings. The van der Waals surface area contributed by atoms with E-state index < -0.39 is 10.0 Å². The van der Waals surface area contributed by atoms with Crippen LogP contribution in [0, 0.1) is 5.92 Å². The van der Waals surface area contributed by atoms with E-state index in [0.717, 1.165) is 41.1 Å². The Morgan fingerprint density at radius 2 is 1.88 bits per heavy atom. The number of fused-ring (bicyclic) bond motifs is 1. The largest absolute Gasteiger partial charge is 0.321 e. The van der Waals surface area contributed by atoms with Crippen LogP contribution in [0.5, 0.6) is 0 Å². The summed E-state index contributed by atoms with van der Waals surface area (Å²) in [6.45, 7) is 0. The number of rotatable bonds is 8. The Hall–Kier alpha value is -2.39. The summed E-state index contributed by atoms with van der Waals surface area (Å²) >= 11 is 3.39. The predicted octanol–water partition coefficient (Wildman–Crippen LogP) is 5.01. The van der Waals surface area contributed by atoms with Gasteiger partial charge in [0.2, 0.25) is 10.0 Å². The molecular formula is C23H25BrN4O3S. The number of anilines is 2. The number of carbonyl (C=O) groups is 1. The van der Waals surface area contributed by atoms with Crippen LogP contribution in [0.15, 0.2) is 40.9 Å². The number of hydrogen-bond donors (Lipinski definition) is 2. The molecule has 1 aromatic heterocycles. The Morgan fingerprint density at radius 1 is 1.16 bits per heavy atom. The van der Waals surface area contributed by atoms with E-state index in [1.807, 2.05) is 30.3 Å². The van der Waals surface area contributed by atoms with E-state index in [-0.39, 0.29) is 11.7 Å². The van der Waals surface area contributed by atoms with Crippen molar-refractivity contribution in [2.24, 2.45) is 13.0 Å². The molecule has 168 valence electrons. The van der Waals surface area contributed by atoms with E-state index >= 15 is 0 Å². The van der Waals surface area contributed by atoms with Crippen LogP contribution >= 0.6 is 15.9 Å². The first-order valence-corrected chi connectivity index (χ1v) is 13.3. The number of nitrogens with one attached hydrogen (secondary N) is 2. The van der Waals surface area contributed by atoms with Gasteiger partial charge in [-0.05, 0) is 73.1 Å². The van der Waals surface area contributed by atoms with Gasteiger partial charge in [0.15, 0.2) is 0 Å². The number of amides is 1. The average Bonchev–Trinajstić information content (AvgIpc) is 3.65. The standard InChI is InChI=1S/C23H25BrN4O3S/c1-28-22(23(29)25-17-8-6-16(24)7-9-17)19-12-18(15-4-5-15)21(13-20(19)26-28)27-32(30,31)11-10-14-2-3-14/h6-9,12-15,27H,2-5,10-11H2,1H3,(H,25,29). The highest BCUT2D eigenvalue weighted by Gasteiger charge is 2.30.